The summed E-state index contributed by atoms with van der Waals surface area (Å²) in [5.74, 6) is 0. The fraction of sp³-hybridized carbons (Fsp3) is 0.357. The van der Waals surface area contributed by atoms with Crippen molar-refractivity contribution in [3.63, 3.8) is 0 Å². The number of hydrogen-bond donors (Lipinski definition) is 0. The molecule has 1 nitrogen and oxygen atoms in total. The lowest BCUT2D eigenvalue weighted by Crippen LogP contribution is -1.83. The summed E-state index contributed by atoms with van der Waals surface area (Å²) in [5, 5.41) is 1.15. The summed E-state index contributed by atoms with van der Waals surface area (Å²) >= 11 is 1.82. The van der Waals surface area contributed by atoms with Gasteiger partial charge in [0, 0.05) is 10.4 Å². The average molecular weight is 231 g/mol. The molecule has 0 atom stereocenters. The van der Waals surface area contributed by atoms with Gasteiger partial charge in [0.15, 0.2) is 0 Å². The molecule has 0 aliphatic heterocycles. The molecule has 1 aromatic carbocycles. The van der Waals surface area contributed by atoms with Crippen molar-refractivity contribution in [3.8, 4) is 10.6 Å². The van der Waals surface area contributed by atoms with E-state index >= 15 is 0 Å². The molecule has 0 spiro atoms. The fourth-order valence-electron chi connectivity index (χ4n) is 1.75. The van der Waals surface area contributed by atoms with E-state index in [-0.39, 0.29) is 0 Å². The summed E-state index contributed by atoms with van der Waals surface area (Å²) in [5.41, 5.74) is 5.10. The Bertz CT molecular complexity index is 511. The van der Waals surface area contributed by atoms with Gasteiger partial charge in [0.05, 0.1) is 5.69 Å². The van der Waals surface area contributed by atoms with E-state index in [0.29, 0.717) is 0 Å². The van der Waals surface area contributed by atoms with Crippen LogP contribution in [-0.4, -0.2) is 4.98 Å². The maximum Gasteiger partial charge on any atom is 0.123 e. The van der Waals surface area contributed by atoms with Gasteiger partial charge in [-0.15, -0.1) is 11.3 Å². The maximum absolute atomic E-state index is 4.64. The minimum atomic E-state index is 1.08. The summed E-state index contributed by atoms with van der Waals surface area (Å²) < 4.78 is 0. The molecule has 0 fully saturated rings. The second-order valence-electron chi connectivity index (χ2n) is 4.18. The third kappa shape index (κ3) is 2.03. The Kier molecular flexibility index (Phi) is 3.10. The van der Waals surface area contributed by atoms with Gasteiger partial charge >= 0.3 is 0 Å². The quantitative estimate of drug-likeness (QED) is 0.751. The lowest BCUT2D eigenvalue weighted by molar-refractivity contribution is 1.11. The van der Waals surface area contributed by atoms with Crippen molar-refractivity contribution in [3.05, 3.63) is 39.9 Å². The van der Waals surface area contributed by atoms with E-state index in [0.717, 1.165) is 11.4 Å². The largest absolute Gasteiger partial charge is 0.241 e. The van der Waals surface area contributed by atoms with Gasteiger partial charge < -0.3 is 0 Å². The molecule has 0 amide bonds. The average Bonchev–Trinajstić information content (AvgIpc) is 2.64. The summed E-state index contributed by atoms with van der Waals surface area (Å²) in [4.78, 5) is 6.04. The molecule has 0 aliphatic rings. The number of benzene rings is 1. The van der Waals surface area contributed by atoms with Crippen LogP contribution in [0.2, 0.25) is 0 Å². The van der Waals surface area contributed by atoms with Gasteiger partial charge in [0.25, 0.3) is 0 Å². The van der Waals surface area contributed by atoms with Crippen LogP contribution in [0.15, 0.2) is 18.2 Å². The van der Waals surface area contributed by atoms with Gasteiger partial charge in [-0.3, -0.25) is 0 Å². The topological polar surface area (TPSA) is 12.9 Å². The molecule has 2 rings (SSSR count). The minimum Gasteiger partial charge on any atom is -0.241 e. The maximum atomic E-state index is 4.64. The highest BCUT2D eigenvalue weighted by Gasteiger charge is 2.08. The predicted molar refractivity (Wildman–Crippen MR) is 71.1 cm³/mol. The number of hydrogen-bond acceptors (Lipinski definition) is 2. The second kappa shape index (κ2) is 4.38. The smallest absolute Gasteiger partial charge is 0.123 e. The van der Waals surface area contributed by atoms with E-state index < -0.39 is 0 Å². The number of aryl methyl sites for hydroxylation is 4. The standard InChI is InChI=1S/C14H17NS/c1-5-13-11(4)15-14(16-13)12-7-6-9(2)10(3)8-12/h6-8H,5H2,1-4H3. The molecule has 0 saturated carbocycles. The third-order valence-corrected chi connectivity index (χ3v) is 4.32. The molecular weight excluding hydrogens is 214 g/mol. The van der Waals surface area contributed by atoms with Crippen molar-refractivity contribution in [1.82, 2.24) is 4.98 Å². The van der Waals surface area contributed by atoms with Crippen molar-refractivity contribution >= 4 is 11.3 Å². The number of rotatable bonds is 2. The summed E-state index contributed by atoms with van der Waals surface area (Å²) in [6.45, 7) is 8.58. The van der Waals surface area contributed by atoms with E-state index in [2.05, 4.69) is 50.9 Å². The van der Waals surface area contributed by atoms with Crippen molar-refractivity contribution in [2.24, 2.45) is 0 Å². The van der Waals surface area contributed by atoms with E-state index in [1.165, 1.54) is 27.3 Å². The lowest BCUT2D eigenvalue weighted by atomic mass is 10.1. The highest BCUT2D eigenvalue weighted by atomic mass is 32.1. The Balaban J connectivity index is 2.46. The molecule has 1 heterocycles. The SMILES string of the molecule is CCc1sc(-c2ccc(C)c(C)c2)nc1C. The molecule has 0 bridgehead atoms. The van der Waals surface area contributed by atoms with Crippen LogP contribution in [0.5, 0.6) is 0 Å². The normalized spacial score (nSPS) is 10.8. The zero-order chi connectivity index (χ0) is 11.7. The summed E-state index contributed by atoms with van der Waals surface area (Å²) in [6, 6.07) is 6.57. The van der Waals surface area contributed by atoms with E-state index in [9.17, 15) is 0 Å². The summed E-state index contributed by atoms with van der Waals surface area (Å²) in [6.07, 6.45) is 1.08. The van der Waals surface area contributed by atoms with Crippen LogP contribution in [0.1, 0.15) is 28.6 Å². The zero-order valence-electron chi connectivity index (χ0n) is 10.3. The molecule has 2 aromatic rings. The highest BCUT2D eigenvalue weighted by molar-refractivity contribution is 7.15. The first-order valence-corrected chi connectivity index (χ1v) is 6.47. The molecule has 0 N–H and O–H groups in total. The summed E-state index contributed by atoms with van der Waals surface area (Å²) in [7, 11) is 0. The van der Waals surface area contributed by atoms with Crippen molar-refractivity contribution in [2.45, 2.75) is 34.1 Å². The van der Waals surface area contributed by atoms with Gasteiger partial charge in [0.2, 0.25) is 0 Å². The first-order chi connectivity index (χ1) is 7.61. The molecule has 0 aliphatic carbocycles. The Morgan fingerprint density at radius 3 is 2.44 bits per heavy atom. The van der Waals surface area contributed by atoms with Crippen LogP contribution in [-0.2, 0) is 6.42 Å². The Hall–Kier alpha value is -1.15. The Morgan fingerprint density at radius 2 is 1.88 bits per heavy atom. The van der Waals surface area contributed by atoms with Gasteiger partial charge in [-0.25, -0.2) is 4.98 Å². The molecule has 0 radical (unpaired) electrons. The van der Waals surface area contributed by atoms with Gasteiger partial charge in [-0.2, -0.15) is 0 Å². The Labute approximate surface area is 101 Å². The second-order valence-corrected chi connectivity index (χ2v) is 5.26. The first kappa shape index (κ1) is 11.3. The highest BCUT2D eigenvalue weighted by Crippen LogP contribution is 2.29. The van der Waals surface area contributed by atoms with Crippen LogP contribution in [0.3, 0.4) is 0 Å². The fourth-order valence-corrected chi connectivity index (χ4v) is 2.75. The van der Waals surface area contributed by atoms with Crippen LogP contribution in [0.25, 0.3) is 10.6 Å². The van der Waals surface area contributed by atoms with Crippen LogP contribution in [0.4, 0.5) is 0 Å². The van der Waals surface area contributed by atoms with Crippen LogP contribution in [0, 0.1) is 20.8 Å². The van der Waals surface area contributed by atoms with Crippen molar-refractivity contribution < 1.29 is 0 Å². The molecule has 84 valence electrons. The van der Waals surface area contributed by atoms with Gasteiger partial charge in [0.1, 0.15) is 5.01 Å². The molecule has 1 aromatic heterocycles. The number of thiazole rings is 1. The number of nitrogens with zero attached hydrogens (tertiary/aromatic N) is 1. The van der Waals surface area contributed by atoms with Crippen LogP contribution >= 0.6 is 11.3 Å². The minimum absolute atomic E-state index is 1.08. The number of aromatic nitrogens is 1. The Morgan fingerprint density at radius 1 is 1.12 bits per heavy atom. The monoisotopic (exact) mass is 231 g/mol. The molecule has 0 unspecified atom stereocenters. The predicted octanol–water partition coefficient (Wildman–Crippen LogP) is 4.30. The lowest BCUT2D eigenvalue weighted by Gasteiger charge is -2.01. The molecular formula is C14H17NS. The van der Waals surface area contributed by atoms with Gasteiger partial charge in [-0.1, -0.05) is 19.1 Å². The van der Waals surface area contributed by atoms with Crippen molar-refractivity contribution in [1.29, 1.82) is 0 Å². The molecule has 2 heteroatoms. The first-order valence-electron chi connectivity index (χ1n) is 5.65. The van der Waals surface area contributed by atoms with Crippen LogP contribution < -0.4 is 0 Å². The third-order valence-electron chi connectivity index (χ3n) is 2.97. The van der Waals surface area contributed by atoms with Gasteiger partial charge in [-0.05, 0) is 44.4 Å². The van der Waals surface area contributed by atoms with E-state index in [1.54, 1.807) is 0 Å². The molecule has 16 heavy (non-hydrogen) atoms. The van der Waals surface area contributed by atoms with E-state index in [1.807, 2.05) is 11.3 Å². The van der Waals surface area contributed by atoms with Crippen molar-refractivity contribution in [2.75, 3.05) is 0 Å². The van der Waals surface area contributed by atoms with E-state index in [4.69, 9.17) is 0 Å². The zero-order valence-corrected chi connectivity index (χ0v) is 11.1. The molecule has 0 saturated heterocycles.